The van der Waals surface area contributed by atoms with Gasteiger partial charge in [-0.1, -0.05) is 20.8 Å². The molecule has 2 heterocycles. The summed E-state index contributed by atoms with van der Waals surface area (Å²) < 4.78 is 11.9. The molecule has 1 aromatic rings. The Balaban J connectivity index is 2.43. The van der Waals surface area contributed by atoms with Crippen molar-refractivity contribution in [3.63, 3.8) is 0 Å². The average molecular weight is 237 g/mol. The zero-order chi connectivity index (χ0) is 12.0. The van der Waals surface area contributed by atoms with E-state index in [2.05, 4.69) is 37.7 Å². The molecule has 0 N–H and O–H groups in total. The van der Waals surface area contributed by atoms with Crippen molar-refractivity contribution in [2.24, 2.45) is 0 Å². The summed E-state index contributed by atoms with van der Waals surface area (Å²) in [6.07, 6.45) is 2.77. The molecule has 3 heteroatoms. The molecule has 16 heavy (non-hydrogen) atoms. The summed E-state index contributed by atoms with van der Waals surface area (Å²) in [5.41, 5.74) is 3.63. The third kappa shape index (κ3) is 2.29. The molecule has 1 aliphatic heterocycles. The highest BCUT2D eigenvalue weighted by atomic mass is 32.2. The van der Waals surface area contributed by atoms with Crippen LogP contribution in [0, 0.1) is 0 Å². The summed E-state index contributed by atoms with van der Waals surface area (Å²) in [5.74, 6) is 5.11. The normalized spacial score (nSPS) is 25.2. The van der Waals surface area contributed by atoms with Crippen LogP contribution in [0.5, 0.6) is 0 Å². The molecule has 88 valence electrons. The first-order valence-electron chi connectivity index (χ1n) is 5.59. The van der Waals surface area contributed by atoms with Crippen LogP contribution in [0.15, 0.2) is 12.3 Å². The van der Waals surface area contributed by atoms with Gasteiger partial charge in [-0.05, 0) is 39.0 Å². The fourth-order valence-corrected chi connectivity index (χ4v) is 3.51. The summed E-state index contributed by atoms with van der Waals surface area (Å²) >= 11 is 0. The van der Waals surface area contributed by atoms with Crippen molar-refractivity contribution in [3.8, 4) is 0 Å². The molecule has 0 aliphatic carbocycles. The van der Waals surface area contributed by atoms with Crippen molar-refractivity contribution in [1.82, 2.24) is 4.98 Å². The molecule has 0 bridgehead atoms. The minimum atomic E-state index is -1.88. The van der Waals surface area contributed by atoms with Gasteiger partial charge in [0.05, 0.1) is 0 Å². The molecule has 1 atom stereocenters. The first-order valence-corrected chi connectivity index (χ1v) is 7.65. The molecule has 0 aromatic carbocycles. The van der Waals surface area contributed by atoms with Crippen LogP contribution < -0.4 is 0 Å². The van der Waals surface area contributed by atoms with Gasteiger partial charge in [0.25, 0.3) is 0 Å². The molecular weight excluding hydrogens is 218 g/mol. The van der Waals surface area contributed by atoms with Gasteiger partial charge in [0, 0.05) is 28.8 Å². The van der Waals surface area contributed by atoms with E-state index >= 15 is 0 Å². The number of aromatic nitrogens is 1. The standard InChI is InChI=1S/C13H19NOS/c1-13(2,3)12-7-10-5-6-16(4,15)9-11(10)8-14-12/h7-8H,4-6,9H2,1-3H3. The van der Waals surface area contributed by atoms with E-state index in [1.807, 2.05) is 6.20 Å². The Hall–Kier alpha value is -0.830. The lowest BCUT2D eigenvalue weighted by Gasteiger charge is -2.23. The lowest BCUT2D eigenvalue weighted by molar-refractivity contribution is 0.567. The van der Waals surface area contributed by atoms with E-state index in [0.29, 0.717) is 11.5 Å². The molecule has 0 fully saturated rings. The number of fused-ring (bicyclic) bond motifs is 1. The molecule has 0 amide bonds. The Morgan fingerprint density at radius 3 is 2.69 bits per heavy atom. The predicted octanol–water partition coefficient (Wildman–Crippen LogP) is 2.15. The van der Waals surface area contributed by atoms with Crippen molar-refractivity contribution in [1.29, 1.82) is 0 Å². The first-order chi connectivity index (χ1) is 7.28. The molecule has 1 unspecified atom stereocenters. The van der Waals surface area contributed by atoms with Gasteiger partial charge in [-0.2, -0.15) is 0 Å². The second kappa shape index (κ2) is 3.59. The van der Waals surface area contributed by atoms with Crippen molar-refractivity contribution in [3.05, 3.63) is 29.1 Å². The number of pyridine rings is 1. The van der Waals surface area contributed by atoms with E-state index < -0.39 is 9.52 Å². The highest BCUT2D eigenvalue weighted by Crippen LogP contribution is 2.26. The van der Waals surface area contributed by atoms with E-state index in [0.717, 1.165) is 17.7 Å². The summed E-state index contributed by atoms with van der Waals surface area (Å²) in [4.78, 5) is 4.48. The zero-order valence-corrected chi connectivity index (χ0v) is 11.1. The minimum Gasteiger partial charge on any atom is -0.268 e. The van der Waals surface area contributed by atoms with Crippen LogP contribution in [0.1, 0.15) is 37.6 Å². The highest BCUT2D eigenvalue weighted by Gasteiger charge is 2.21. The maximum atomic E-state index is 11.9. The van der Waals surface area contributed by atoms with Crippen LogP contribution in [-0.4, -0.2) is 20.8 Å². The number of hydrogen-bond acceptors (Lipinski definition) is 2. The second-order valence-electron chi connectivity index (χ2n) is 5.65. The van der Waals surface area contributed by atoms with Gasteiger partial charge in [0.15, 0.2) is 0 Å². The van der Waals surface area contributed by atoms with Gasteiger partial charge >= 0.3 is 0 Å². The monoisotopic (exact) mass is 237 g/mol. The van der Waals surface area contributed by atoms with E-state index in [-0.39, 0.29) is 5.41 Å². The summed E-state index contributed by atoms with van der Waals surface area (Å²) in [6.45, 7) is 6.49. The Morgan fingerprint density at radius 1 is 1.38 bits per heavy atom. The number of nitrogens with zero attached hydrogens (tertiary/aromatic N) is 1. The molecule has 2 rings (SSSR count). The Bertz CT molecular complexity index is 509. The third-order valence-electron chi connectivity index (χ3n) is 3.01. The van der Waals surface area contributed by atoms with Crippen molar-refractivity contribution < 1.29 is 4.21 Å². The van der Waals surface area contributed by atoms with Gasteiger partial charge in [-0.3, -0.25) is 9.19 Å². The quantitative estimate of drug-likeness (QED) is 0.647. The van der Waals surface area contributed by atoms with E-state index in [9.17, 15) is 4.21 Å². The molecular formula is C13H19NOS. The topological polar surface area (TPSA) is 30.0 Å². The molecule has 0 saturated carbocycles. The molecule has 0 saturated heterocycles. The lowest BCUT2D eigenvalue weighted by atomic mass is 9.90. The minimum absolute atomic E-state index is 0.0817. The Morgan fingerprint density at radius 2 is 2.06 bits per heavy atom. The molecule has 0 radical (unpaired) electrons. The Labute approximate surface area is 98.1 Å². The van der Waals surface area contributed by atoms with Crippen LogP contribution in [0.3, 0.4) is 0 Å². The number of hydrogen-bond donors (Lipinski definition) is 0. The first kappa shape index (κ1) is 11.6. The number of aryl methyl sites for hydroxylation is 1. The fraction of sp³-hybridized carbons (Fsp3) is 0.538. The van der Waals surface area contributed by atoms with Crippen LogP contribution >= 0.6 is 0 Å². The smallest absolute Gasteiger partial charge is 0.0460 e. The average Bonchev–Trinajstić information content (AvgIpc) is 2.14. The van der Waals surface area contributed by atoms with Crippen LogP contribution in [0.25, 0.3) is 0 Å². The van der Waals surface area contributed by atoms with Crippen molar-refractivity contribution >= 4 is 15.4 Å². The van der Waals surface area contributed by atoms with E-state index in [1.54, 1.807) is 0 Å². The predicted molar refractivity (Wildman–Crippen MR) is 70.5 cm³/mol. The van der Waals surface area contributed by atoms with Gasteiger partial charge in [-0.25, -0.2) is 0 Å². The van der Waals surface area contributed by atoms with Crippen LogP contribution in [-0.2, 0) is 27.1 Å². The second-order valence-corrected chi connectivity index (χ2v) is 8.28. The van der Waals surface area contributed by atoms with Crippen LogP contribution in [0.2, 0.25) is 0 Å². The third-order valence-corrected chi connectivity index (χ3v) is 4.80. The van der Waals surface area contributed by atoms with Crippen LogP contribution in [0.4, 0.5) is 0 Å². The Kier molecular flexibility index (Phi) is 2.61. The summed E-state index contributed by atoms with van der Waals surface area (Å²) in [7, 11) is -1.88. The van der Waals surface area contributed by atoms with Gasteiger partial charge in [0.2, 0.25) is 0 Å². The fourth-order valence-electron chi connectivity index (χ4n) is 1.95. The summed E-state index contributed by atoms with van der Waals surface area (Å²) in [6, 6.07) is 2.17. The maximum absolute atomic E-state index is 11.9. The van der Waals surface area contributed by atoms with E-state index in [1.165, 1.54) is 5.56 Å². The summed E-state index contributed by atoms with van der Waals surface area (Å²) in [5, 5.41) is 0. The van der Waals surface area contributed by atoms with Crippen molar-refractivity contribution in [2.75, 3.05) is 5.75 Å². The molecule has 2 nitrogen and oxygen atoms in total. The largest absolute Gasteiger partial charge is 0.268 e. The lowest BCUT2D eigenvalue weighted by Crippen LogP contribution is -2.21. The molecule has 1 aliphatic rings. The van der Waals surface area contributed by atoms with Gasteiger partial charge in [0.1, 0.15) is 0 Å². The van der Waals surface area contributed by atoms with E-state index in [4.69, 9.17) is 0 Å². The highest BCUT2D eigenvalue weighted by molar-refractivity contribution is 7.99. The SMILES string of the molecule is C=S1(=O)CCc2cc(C(C)(C)C)ncc2C1. The van der Waals surface area contributed by atoms with Gasteiger partial charge < -0.3 is 0 Å². The zero-order valence-electron chi connectivity index (χ0n) is 10.2. The number of rotatable bonds is 0. The molecule has 0 spiro atoms. The van der Waals surface area contributed by atoms with Gasteiger partial charge in [-0.15, -0.1) is 0 Å². The van der Waals surface area contributed by atoms with Crippen molar-refractivity contribution in [2.45, 2.75) is 38.4 Å². The molecule has 1 aromatic heterocycles. The maximum Gasteiger partial charge on any atom is 0.0460 e.